The van der Waals surface area contributed by atoms with Crippen molar-refractivity contribution in [3.8, 4) is 23.0 Å². The summed E-state index contributed by atoms with van der Waals surface area (Å²) in [7, 11) is 4.15. The van der Waals surface area contributed by atoms with Crippen LogP contribution in [0.15, 0.2) is 42.5 Å². The Morgan fingerprint density at radius 2 is 1.88 bits per heavy atom. The van der Waals surface area contributed by atoms with Crippen LogP contribution in [0.5, 0.6) is 23.0 Å². The van der Waals surface area contributed by atoms with E-state index < -0.39 is 0 Å². The van der Waals surface area contributed by atoms with E-state index in [1.54, 1.807) is 12.1 Å². The largest absolute Gasteiger partial charge is 0.508 e. The van der Waals surface area contributed by atoms with Crippen LogP contribution in [-0.4, -0.2) is 69.3 Å². The summed E-state index contributed by atoms with van der Waals surface area (Å²) >= 11 is 0. The number of hydrogen-bond acceptors (Lipinski definition) is 7. The zero-order chi connectivity index (χ0) is 23.9. The van der Waals surface area contributed by atoms with E-state index in [9.17, 15) is 4.79 Å². The van der Waals surface area contributed by atoms with Gasteiger partial charge in [0.2, 0.25) is 0 Å². The zero-order valence-corrected chi connectivity index (χ0v) is 20.1. The molecule has 0 spiro atoms. The predicted octanol–water partition coefficient (Wildman–Crippen LogP) is 3.68. The van der Waals surface area contributed by atoms with Gasteiger partial charge in [0.15, 0.2) is 11.5 Å². The van der Waals surface area contributed by atoms with E-state index in [1.807, 2.05) is 13.1 Å². The number of ether oxygens (including phenoxy) is 3. The molecule has 2 aromatic carbocycles. The second kappa shape index (κ2) is 15.1. The van der Waals surface area contributed by atoms with Crippen molar-refractivity contribution in [2.75, 3.05) is 47.0 Å². The molecule has 2 heterocycles. The first-order chi connectivity index (χ1) is 16.0. The van der Waals surface area contributed by atoms with Gasteiger partial charge in [-0.3, -0.25) is 0 Å². The maximum absolute atomic E-state index is 9.93. The van der Waals surface area contributed by atoms with Crippen LogP contribution in [0.3, 0.4) is 0 Å². The Bertz CT molecular complexity index is 805. The third-order valence-electron chi connectivity index (χ3n) is 5.50. The van der Waals surface area contributed by atoms with Crippen LogP contribution < -0.4 is 19.5 Å². The first-order valence-electron chi connectivity index (χ1n) is 11.6. The van der Waals surface area contributed by atoms with Gasteiger partial charge in [-0.15, -0.1) is 0 Å². The number of aldehydes is 1. The first-order valence-corrected chi connectivity index (χ1v) is 11.6. The second-order valence-electron chi connectivity index (χ2n) is 8.10. The first kappa shape index (κ1) is 26.5. The Labute approximate surface area is 197 Å². The van der Waals surface area contributed by atoms with E-state index >= 15 is 0 Å². The van der Waals surface area contributed by atoms with Crippen molar-refractivity contribution < 1.29 is 24.1 Å². The lowest BCUT2D eigenvalue weighted by atomic mass is 10.1. The molecule has 0 bridgehead atoms. The standard InChI is InChI=1S/C11H15NO2.C9H10O3.C6H13N/c1-12-5-4-9-2-3-10-11(8-9)14-7-6-13-10;10-6-1-7-12-9-4-2-8(11)3-5-9;1-6-4-3-5-7(6)2/h2-3,8,12H,4-7H2,1H3;2-6,11H,1,7H2;6H,3-5H2,1-2H3. The van der Waals surface area contributed by atoms with Crippen LogP contribution >= 0.6 is 0 Å². The highest BCUT2D eigenvalue weighted by Gasteiger charge is 2.14. The van der Waals surface area contributed by atoms with Gasteiger partial charge >= 0.3 is 0 Å². The summed E-state index contributed by atoms with van der Waals surface area (Å²) in [6.07, 6.45) is 5.02. The maximum atomic E-state index is 9.93. The molecule has 0 aromatic heterocycles. The highest BCUT2D eigenvalue weighted by atomic mass is 16.6. The third kappa shape index (κ3) is 10.1. The molecule has 1 atom stereocenters. The Balaban J connectivity index is 0.000000185. The second-order valence-corrected chi connectivity index (χ2v) is 8.10. The van der Waals surface area contributed by atoms with Crippen LogP contribution in [0.1, 0.15) is 31.7 Å². The molecule has 0 saturated carbocycles. The van der Waals surface area contributed by atoms with Gasteiger partial charge in [-0.25, -0.2) is 0 Å². The average molecular weight is 459 g/mol. The number of carbonyl (C=O) groups is 1. The van der Waals surface area contributed by atoms with E-state index in [0.717, 1.165) is 36.8 Å². The number of phenolic OH excluding ortho intramolecular Hbond substituents is 1. The maximum Gasteiger partial charge on any atom is 0.161 e. The van der Waals surface area contributed by atoms with E-state index in [-0.39, 0.29) is 5.75 Å². The fraction of sp³-hybridized carbons (Fsp3) is 0.500. The quantitative estimate of drug-likeness (QED) is 0.484. The number of fused-ring (bicyclic) bond motifs is 1. The molecule has 1 unspecified atom stereocenters. The Hall–Kier alpha value is -2.77. The molecule has 0 amide bonds. The summed E-state index contributed by atoms with van der Waals surface area (Å²) in [5, 5.41) is 12.0. The number of benzene rings is 2. The molecule has 1 fully saturated rings. The molecule has 0 radical (unpaired) electrons. The number of nitrogens with zero attached hydrogens (tertiary/aromatic N) is 1. The van der Waals surface area contributed by atoms with Crippen molar-refractivity contribution in [1.82, 2.24) is 10.2 Å². The molecule has 1 saturated heterocycles. The van der Waals surface area contributed by atoms with E-state index in [0.29, 0.717) is 32.0 Å². The van der Waals surface area contributed by atoms with Crippen molar-refractivity contribution in [2.45, 2.75) is 38.6 Å². The molecule has 0 aliphatic carbocycles. The fourth-order valence-corrected chi connectivity index (χ4v) is 3.36. The zero-order valence-electron chi connectivity index (χ0n) is 20.1. The molecule has 7 heteroatoms. The van der Waals surface area contributed by atoms with Crippen molar-refractivity contribution in [1.29, 1.82) is 0 Å². The average Bonchev–Trinajstić information content (AvgIpc) is 3.22. The summed E-state index contributed by atoms with van der Waals surface area (Å²) in [5.74, 6) is 2.61. The number of carbonyl (C=O) groups excluding carboxylic acids is 1. The normalized spacial score (nSPS) is 16.6. The number of hydrogen-bond donors (Lipinski definition) is 2. The number of rotatable bonds is 7. The summed E-state index contributed by atoms with van der Waals surface area (Å²) in [4.78, 5) is 12.3. The van der Waals surface area contributed by atoms with Crippen molar-refractivity contribution in [3.63, 3.8) is 0 Å². The van der Waals surface area contributed by atoms with Crippen LogP contribution in [0.2, 0.25) is 0 Å². The number of nitrogens with one attached hydrogen (secondary N) is 1. The molecular weight excluding hydrogens is 420 g/mol. The molecule has 7 nitrogen and oxygen atoms in total. The van der Waals surface area contributed by atoms with Crippen molar-refractivity contribution >= 4 is 6.29 Å². The molecule has 2 aromatic rings. The Morgan fingerprint density at radius 3 is 2.45 bits per heavy atom. The van der Waals surface area contributed by atoms with Gasteiger partial charge in [0.25, 0.3) is 0 Å². The Kier molecular flexibility index (Phi) is 12.1. The van der Waals surface area contributed by atoms with E-state index in [4.69, 9.17) is 19.3 Å². The number of likely N-dealkylation sites (tertiary alicyclic amines) is 1. The van der Waals surface area contributed by atoms with Crippen LogP contribution in [0, 0.1) is 0 Å². The lowest BCUT2D eigenvalue weighted by Crippen LogP contribution is -2.20. The molecule has 2 N–H and O–H groups in total. The van der Waals surface area contributed by atoms with Gasteiger partial charge < -0.3 is 34.3 Å². The SMILES string of the molecule is CC1CCCN1C.CNCCc1ccc2c(c1)OCCO2.O=CCCOc1ccc(O)cc1. The minimum Gasteiger partial charge on any atom is -0.508 e. The summed E-state index contributed by atoms with van der Waals surface area (Å²) < 4.78 is 16.1. The van der Waals surface area contributed by atoms with Crippen molar-refractivity contribution in [2.24, 2.45) is 0 Å². The summed E-state index contributed by atoms with van der Waals surface area (Å²) in [5.41, 5.74) is 1.28. The van der Waals surface area contributed by atoms with E-state index in [2.05, 4.69) is 36.3 Å². The number of phenols is 1. The van der Waals surface area contributed by atoms with Crippen LogP contribution in [0.25, 0.3) is 0 Å². The highest BCUT2D eigenvalue weighted by molar-refractivity contribution is 5.49. The summed E-state index contributed by atoms with van der Waals surface area (Å²) in [6.45, 7) is 6.27. The predicted molar refractivity (Wildman–Crippen MR) is 131 cm³/mol. The van der Waals surface area contributed by atoms with Gasteiger partial charge in [0.05, 0.1) is 6.61 Å². The van der Waals surface area contributed by atoms with Gasteiger partial charge in [-0.2, -0.15) is 0 Å². The molecule has 182 valence electrons. The minimum absolute atomic E-state index is 0.206. The van der Waals surface area contributed by atoms with Gasteiger partial charge in [0, 0.05) is 12.5 Å². The van der Waals surface area contributed by atoms with Gasteiger partial charge in [-0.05, 0) is 95.3 Å². The van der Waals surface area contributed by atoms with E-state index in [1.165, 1.54) is 37.1 Å². The smallest absolute Gasteiger partial charge is 0.161 e. The number of likely N-dealkylation sites (N-methyl/N-ethyl adjacent to an activating group) is 1. The molecule has 2 aliphatic heterocycles. The third-order valence-corrected chi connectivity index (χ3v) is 5.50. The lowest BCUT2D eigenvalue weighted by Gasteiger charge is -2.18. The molecular formula is C26H38N2O5. The molecule has 33 heavy (non-hydrogen) atoms. The monoisotopic (exact) mass is 458 g/mol. The highest BCUT2D eigenvalue weighted by Crippen LogP contribution is 2.30. The van der Waals surface area contributed by atoms with Crippen LogP contribution in [0.4, 0.5) is 0 Å². The fourth-order valence-electron chi connectivity index (χ4n) is 3.36. The topological polar surface area (TPSA) is 80.3 Å². The summed E-state index contributed by atoms with van der Waals surface area (Å²) in [6, 6.07) is 13.4. The number of aromatic hydroxyl groups is 1. The van der Waals surface area contributed by atoms with Crippen molar-refractivity contribution in [3.05, 3.63) is 48.0 Å². The lowest BCUT2D eigenvalue weighted by molar-refractivity contribution is -0.108. The van der Waals surface area contributed by atoms with Gasteiger partial charge in [0.1, 0.15) is 31.0 Å². The molecule has 4 rings (SSSR count). The molecule has 2 aliphatic rings. The van der Waals surface area contributed by atoms with Gasteiger partial charge in [-0.1, -0.05) is 6.07 Å². The minimum atomic E-state index is 0.206. The van der Waals surface area contributed by atoms with Crippen LogP contribution in [-0.2, 0) is 11.2 Å². The Morgan fingerprint density at radius 1 is 1.15 bits per heavy atom.